The van der Waals surface area contributed by atoms with Crippen LogP contribution in [0.2, 0.25) is 0 Å². The number of hydrogen-bond donors (Lipinski definition) is 0. The minimum atomic E-state index is -0.106. The molecule has 0 bridgehead atoms. The van der Waals surface area contributed by atoms with Crippen molar-refractivity contribution in [3.8, 4) is 0 Å². The number of Topliss-reactive ketones (excluding diaryl/α,β-unsaturated/α-hetero) is 1. The summed E-state index contributed by atoms with van der Waals surface area (Å²) in [6, 6.07) is 8.21. The maximum atomic E-state index is 11.5. The van der Waals surface area contributed by atoms with E-state index < -0.39 is 0 Å². The third kappa shape index (κ3) is 1.21. The molecule has 0 aliphatic heterocycles. The van der Waals surface area contributed by atoms with Crippen molar-refractivity contribution in [2.75, 3.05) is 0 Å². The van der Waals surface area contributed by atoms with E-state index in [9.17, 15) is 4.79 Å². The molecule has 0 unspecified atom stereocenters. The zero-order chi connectivity index (χ0) is 9.47. The van der Waals surface area contributed by atoms with Gasteiger partial charge in [-0.25, -0.2) is 0 Å². The van der Waals surface area contributed by atoms with Crippen LogP contribution < -0.4 is 5.46 Å². The molecule has 66 valence electrons. The van der Waals surface area contributed by atoms with Gasteiger partial charge in [-0.05, 0) is 25.3 Å². The minimum absolute atomic E-state index is 0.106. The Morgan fingerprint density at radius 2 is 2.00 bits per heavy atom. The lowest BCUT2D eigenvalue weighted by atomic mass is 9.81. The lowest BCUT2D eigenvalue weighted by Crippen LogP contribution is -2.25. The molecular weight excluding hydrogens is 159 g/mol. The molecule has 0 N–H and O–H groups in total. The molecule has 2 heteroatoms. The number of benzene rings is 1. The molecule has 0 heterocycles. The van der Waals surface area contributed by atoms with Crippen molar-refractivity contribution in [1.29, 1.82) is 0 Å². The first-order valence-corrected chi connectivity index (χ1v) is 4.74. The van der Waals surface area contributed by atoms with Crippen LogP contribution in [-0.2, 0) is 10.2 Å². The Balaban J connectivity index is 2.47. The third-order valence-corrected chi connectivity index (χ3v) is 3.08. The van der Waals surface area contributed by atoms with Gasteiger partial charge in [-0.15, -0.1) is 0 Å². The monoisotopic (exact) mass is 172 g/mol. The van der Waals surface area contributed by atoms with E-state index in [4.69, 9.17) is 0 Å². The van der Waals surface area contributed by atoms with E-state index in [1.54, 1.807) is 6.92 Å². The maximum absolute atomic E-state index is 11.5. The SMILES string of the molecule is Bc1ccccc1C1(C(C)=O)CC1. The largest absolute Gasteiger partial charge is 0.299 e. The van der Waals surface area contributed by atoms with Gasteiger partial charge < -0.3 is 0 Å². The second-order valence-electron chi connectivity index (χ2n) is 3.95. The van der Waals surface area contributed by atoms with Crippen LogP contribution in [0.15, 0.2) is 24.3 Å². The van der Waals surface area contributed by atoms with E-state index >= 15 is 0 Å². The second kappa shape index (κ2) is 2.73. The fourth-order valence-corrected chi connectivity index (χ4v) is 2.05. The molecule has 1 nitrogen and oxygen atoms in total. The lowest BCUT2D eigenvalue weighted by molar-refractivity contribution is -0.119. The standard InChI is InChI=1S/C11H13BO/c1-8(13)11(6-7-11)9-4-2-3-5-10(9)12/h2-5H,6-7,12H2,1H3. The molecule has 0 saturated heterocycles. The summed E-state index contributed by atoms with van der Waals surface area (Å²) in [4.78, 5) is 11.5. The first kappa shape index (κ1) is 8.55. The first-order chi connectivity index (χ1) is 6.17. The zero-order valence-corrected chi connectivity index (χ0v) is 8.13. The fourth-order valence-electron chi connectivity index (χ4n) is 2.05. The van der Waals surface area contributed by atoms with E-state index in [-0.39, 0.29) is 5.41 Å². The van der Waals surface area contributed by atoms with Gasteiger partial charge >= 0.3 is 0 Å². The van der Waals surface area contributed by atoms with Gasteiger partial charge in [-0.2, -0.15) is 0 Å². The molecule has 0 amide bonds. The van der Waals surface area contributed by atoms with E-state index in [0.717, 1.165) is 12.8 Å². The summed E-state index contributed by atoms with van der Waals surface area (Å²) in [6.07, 6.45) is 2.07. The molecule has 0 spiro atoms. The Labute approximate surface area is 79.6 Å². The number of carbonyl (C=O) groups excluding carboxylic acids is 1. The Kier molecular flexibility index (Phi) is 1.79. The molecule has 1 aromatic carbocycles. The van der Waals surface area contributed by atoms with Crippen LogP contribution in [-0.4, -0.2) is 13.6 Å². The summed E-state index contributed by atoms with van der Waals surface area (Å²) in [7, 11) is 2.08. The molecule has 1 aromatic rings. The van der Waals surface area contributed by atoms with Gasteiger partial charge in [0.1, 0.15) is 13.6 Å². The van der Waals surface area contributed by atoms with E-state index in [0.29, 0.717) is 5.78 Å². The van der Waals surface area contributed by atoms with E-state index in [2.05, 4.69) is 20.0 Å². The van der Waals surface area contributed by atoms with Crippen LogP contribution in [0.1, 0.15) is 25.3 Å². The van der Waals surface area contributed by atoms with Crippen molar-refractivity contribution in [2.45, 2.75) is 25.2 Å². The normalized spacial score (nSPS) is 18.2. The molecular formula is C11H13BO. The third-order valence-electron chi connectivity index (χ3n) is 3.08. The van der Waals surface area contributed by atoms with Crippen LogP contribution in [0.3, 0.4) is 0 Å². The van der Waals surface area contributed by atoms with Crippen molar-refractivity contribution < 1.29 is 4.79 Å². The smallest absolute Gasteiger partial charge is 0.140 e. The van der Waals surface area contributed by atoms with Gasteiger partial charge in [0.05, 0.1) is 5.41 Å². The molecule has 0 radical (unpaired) electrons. The molecule has 2 rings (SSSR count). The van der Waals surface area contributed by atoms with Crippen LogP contribution in [0.4, 0.5) is 0 Å². The summed E-state index contributed by atoms with van der Waals surface area (Å²) < 4.78 is 0. The van der Waals surface area contributed by atoms with Gasteiger partial charge in [0.25, 0.3) is 0 Å². The van der Waals surface area contributed by atoms with Gasteiger partial charge in [-0.3, -0.25) is 4.79 Å². The Morgan fingerprint density at radius 3 is 2.46 bits per heavy atom. The zero-order valence-electron chi connectivity index (χ0n) is 8.13. The highest BCUT2D eigenvalue weighted by Gasteiger charge is 2.49. The first-order valence-electron chi connectivity index (χ1n) is 4.74. The van der Waals surface area contributed by atoms with Crippen LogP contribution in [0.25, 0.3) is 0 Å². The molecule has 1 fully saturated rings. The molecule has 13 heavy (non-hydrogen) atoms. The van der Waals surface area contributed by atoms with Crippen molar-refractivity contribution in [1.82, 2.24) is 0 Å². The average Bonchev–Trinajstić information content (AvgIpc) is 2.85. The molecule has 1 aliphatic carbocycles. The molecule has 1 saturated carbocycles. The predicted molar refractivity (Wildman–Crippen MR) is 56.2 cm³/mol. The van der Waals surface area contributed by atoms with E-state index in [1.807, 2.05) is 12.1 Å². The summed E-state index contributed by atoms with van der Waals surface area (Å²) >= 11 is 0. The summed E-state index contributed by atoms with van der Waals surface area (Å²) in [6.45, 7) is 1.71. The number of carbonyl (C=O) groups is 1. The topological polar surface area (TPSA) is 17.1 Å². The lowest BCUT2D eigenvalue weighted by Gasteiger charge is -2.14. The van der Waals surface area contributed by atoms with Crippen molar-refractivity contribution >= 4 is 19.1 Å². The Morgan fingerprint density at radius 1 is 1.38 bits per heavy atom. The number of rotatable bonds is 2. The van der Waals surface area contributed by atoms with Gasteiger partial charge in [0.15, 0.2) is 0 Å². The van der Waals surface area contributed by atoms with Gasteiger partial charge in [0.2, 0.25) is 0 Å². The quantitative estimate of drug-likeness (QED) is 0.596. The maximum Gasteiger partial charge on any atom is 0.140 e. The van der Waals surface area contributed by atoms with Crippen molar-refractivity contribution in [2.24, 2.45) is 0 Å². The summed E-state index contributed by atoms with van der Waals surface area (Å²) in [5.74, 6) is 0.321. The number of hydrogen-bond acceptors (Lipinski definition) is 1. The second-order valence-corrected chi connectivity index (χ2v) is 3.95. The van der Waals surface area contributed by atoms with E-state index in [1.165, 1.54) is 11.0 Å². The van der Waals surface area contributed by atoms with Crippen LogP contribution in [0, 0.1) is 0 Å². The molecule has 0 aromatic heterocycles. The van der Waals surface area contributed by atoms with Gasteiger partial charge in [-0.1, -0.05) is 29.7 Å². The Bertz CT molecular complexity index is 353. The van der Waals surface area contributed by atoms with Crippen LogP contribution in [0.5, 0.6) is 0 Å². The highest BCUT2D eigenvalue weighted by Crippen LogP contribution is 2.47. The summed E-state index contributed by atoms with van der Waals surface area (Å²) in [5.41, 5.74) is 2.38. The molecule has 0 atom stereocenters. The van der Waals surface area contributed by atoms with Crippen molar-refractivity contribution in [3.63, 3.8) is 0 Å². The number of ketones is 1. The highest BCUT2D eigenvalue weighted by molar-refractivity contribution is 6.34. The van der Waals surface area contributed by atoms with Gasteiger partial charge in [0, 0.05) is 0 Å². The molecule has 1 aliphatic rings. The minimum Gasteiger partial charge on any atom is -0.299 e. The summed E-state index contributed by atoms with van der Waals surface area (Å²) in [5, 5.41) is 0. The highest BCUT2D eigenvalue weighted by atomic mass is 16.1. The van der Waals surface area contributed by atoms with Crippen LogP contribution >= 0.6 is 0 Å². The fraction of sp³-hybridized carbons (Fsp3) is 0.364. The Hall–Kier alpha value is -1.05. The average molecular weight is 172 g/mol. The van der Waals surface area contributed by atoms with Crippen molar-refractivity contribution in [3.05, 3.63) is 29.8 Å². The predicted octanol–water partition coefficient (Wildman–Crippen LogP) is 0.566.